The Bertz CT molecular complexity index is 342. The topological polar surface area (TPSA) is 43.7 Å². The van der Waals surface area contributed by atoms with E-state index in [-0.39, 0.29) is 18.8 Å². The van der Waals surface area contributed by atoms with E-state index in [1.54, 1.807) is 0 Å². The van der Waals surface area contributed by atoms with E-state index in [0.29, 0.717) is 6.54 Å². The lowest BCUT2D eigenvalue weighted by atomic mass is 9.91. The predicted molar refractivity (Wildman–Crippen MR) is 72.2 cm³/mol. The molecule has 0 aromatic heterocycles. The van der Waals surface area contributed by atoms with Crippen molar-refractivity contribution in [3.05, 3.63) is 35.9 Å². The highest BCUT2D eigenvalue weighted by molar-refractivity contribution is 5.14. The molecule has 1 fully saturated rings. The number of hydrogen-bond acceptors (Lipinski definition) is 3. The molecule has 2 N–H and O–H groups in total. The molecule has 1 aromatic rings. The van der Waals surface area contributed by atoms with Crippen molar-refractivity contribution in [1.29, 1.82) is 0 Å². The Kier molecular flexibility index (Phi) is 5.17. The molecule has 2 rings (SSSR count). The first kappa shape index (κ1) is 13.5. The molecule has 3 heteroatoms. The standard InChI is InChI=1S/C15H23NO2/c17-11-10-16(12-13-6-2-1-3-7-13)14-8-4-5-9-15(14)18/h1-3,6-7,14-15,17-18H,4-5,8-12H2/t14-,15-/m1/s1. The number of aliphatic hydroxyl groups is 2. The summed E-state index contributed by atoms with van der Waals surface area (Å²) in [5.41, 5.74) is 1.24. The summed E-state index contributed by atoms with van der Waals surface area (Å²) in [5, 5.41) is 19.3. The first-order valence-corrected chi connectivity index (χ1v) is 6.88. The largest absolute Gasteiger partial charge is 0.395 e. The smallest absolute Gasteiger partial charge is 0.0695 e. The molecule has 2 atom stereocenters. The molecule has 0 amide bonds. The normalized spacial score (nSPS) is 24.4. The summed E-state index contributed by atoms with van der Waals surface area (Å²) in [4.78, 5) is 2.22. The van der Waals surface area contributed by atoms with Gasteiger partial charge in [0.25, 0.3) is 0 Å². The van der Waals surface area contributed by atoms with Crippen molar-refractivity contribution < 1.29 is 10.2 Å². The number of rotatable bonds is 5. The van der Waals surface area contributed by atoms with E-state index in [4.69, 9.17) is 0 Å². The molecule has 1 aliphatic carbocycles. The number of hydrogen-bond donors (Lipinski definition) is 2. The molecule has 0 unspecified atom stereocenters. The lowest BCUT2D eigenvalue weighted by Crippen LogP contribution is -2.46. The highest BCUT2D eigenvalue weighted by Gasteiger charge is 2.28. The van der Waals surface area contributed by atoms with Gasteiger partial charge in [0.15, 0.2) is 0 Å². The third-order valence-corrected chi connectivity index (χ3v) is 3.78. The lowest BCUT2D eigenvalue weighted by Gasteiger charge is -2.37. The second-order valence-corrected chi connectivity index (χ2v) is 5.10. The molecule has 1 aromatic carbocycles. The second kappa shape index (κ2) is 6.88. The van der Waals surface area contributed by atoms with Crippen LogP contribution in [0.2, 0.25) is 0 Å². The summed E-state index contributed by atoms with van der Waals surface area (Å²) < 4.78 is 0. The van der Waals surface area contributed by atoms with E-state index >= 15 is 0 Å². The van der Waals surface area contributed by atoms with E-state index in [9.17, 15) is 10.2 Å². The van der Waals surface area contributed by atoms with Crippen LogP contribution in [-0.4, -0.2) is 40.4 Å². The Morgan fingerprint density at radius 3 is 2.50 bits per heavy atom. The van der Waals surface area contributed by atoms with Crippen molar-refractivity contribution in [2.24, 2.45) is 0 Å². The Morgan fingerprint density at radius 2 is 1.83 bits per heavy atom. The molecule has 18 heavy (non-hydrogen) atoms. The molecule has 3 nitrogen and oxygen atoms in total. The minimum absolute atomic E-state index is 0.149. The fourth-order valence-corrected chi connectivity index (χ4v) is 2.83. The third kappa shape index (κ3) is 3.55. The van der Waals surface area contributed by atoms with Crippen molar-refractivity contribution >= 4 is 0 Å². The van der Waals surface area contributed by atoms with Crippen LogP contribution in [0.1, 0.15) is 31.2 Å². The quantitative estimate of drug-likeness (QED) is 0.836. The predicted octanol–water partition coefficient (Wildman–Crippen LogP) is 1.78. The molecular formula is C15H23NO2. The summed E-state index contributed by atoms with van der Waals surface area (Å²) in [6.07, 6.45) is 3.98. The summed E-state index contributed by atoms with van der Waals surface area (Å²) in [5.74, 6) is 0. The van der Waals surface area contributed by atoms with Crippen molar-refractivity contribution in [2.75, 3.05) is 13.2 Å². The lowest BCUT2D eigenvalue weighted by molar-refractivity contribution is 0.00861. The van der Waals surface area contributed by atoms with Gasteiger partial charge >= 0.3 is 0 Å². The van der Waals surface area contributed by atoms with E-state index in [0.717, 1.165) is 25.8 Å². The van der Waals surface area contributed by atoms with Gasteiger partial charge in [-0.25, -0.2) is 0 Å². The van der Waals surface area contributed by atoms with Crippen LogP contribution in [0, 0.1) is 0 Å². The van der Waals surface area contributed by atoms with E-state index < -0.39 is 0 Å². The number of aliphatic hydroxyl groups excluding tert-OH is 2. The molecule has 0 spiro atoms. The van der Waals surface area contributed by atoms with Gasteiger partial charge in [0.05, 0.1) is 12.7 Å². The zero-order valence-electron chi connectivity index (χ0n) is 10.8. The van der Waals surface area contributed by atoms with E-state index in [2.05, 4.69) is 17.0 Å². The zero-order chi connectivity index (χ0) is 12.8. The van der Waals surface area contributed by atoms with Crippen molar-refractivity contribution in [2.45, 2.75) is 44.4 Å². The van der Waals surface area contributed by atoms with Gasteiger partial charge in [-0.15, -0.1) is 0 Å². The number of benzene rings is 1. The zero-order valence-corrected chi connectivity index (χ0v) is 10.8. The van der Waals surface area contributed by atoms with Crippen LogP contribution >= 0.6 is 0 Å². The van der Waals surface area contributed by atoms with Crippen molar-refractivity contribution in [1.82, 2.24) is 4.90 Å². The maximum atomic E-state index is 10.1. The second-order valence-electron chi connectivity index (χ2n) is 5.10. The van der Waals surface area contributed by atoms with Gasteiger partial charge in [0.1, 0.15) is 0 Å². The highest BCUT2D eigenvalue weighted by atomic mass is 16.3. The first-order valence-electron chi connectivity index (χ1n) is 6.88. The Hall–Kier alpha value is -0.900. The van der Waals surface area contributed by atoms with Gasteiger partial charge < -0.3 is 10.2 Å². The minimum atomic E-state index is -0.242. The summed E-state index contributed by atoms with van der Waals surface area (Å²) in [6, 6.07) is 10.5. The fraction of sp³-hybridized carbons (Fsp3) is 0.600. The van der Waals surface area contributed by atoms with Gasteiger partial charge in [0, 0.05) is 19.1 Å². The molecule has 1 aliphatic rings. The van der Waals surface area contributed by atoms with Crippen LogP contribution in [-0.2, 0) is 6.54 Å². The molecule has 0 saturated heterocycles. The fourth-order valence-electron chi connectivity index (χ4n) is 2.83. The van der Waals surface area contributed by atoms with Crippen LogP contribution in [0.4, 0.5) is 0 Å². The molecule has 0 aliphatic heterocycles. The summed E-state index contributed by atoms with van der Waals surface area (Å²) in [6.45, 7) is 1.59. The van der Waals surface area contributed by atoms with Crippen molar-refractivity contribution in [3.8, 4) is 0 Å². The summed E-state index contributed by atoms with van der Waals surface area (Å²) >= 11 is 0. The van der Waals surface area contributed by atoms with Crippen LogP contribution in [0.3, 0.4) is 0 Å². The molecule has 100 valence electrons. The molecule has 0 heterocycles. The van der Waals surface area contributed by atoms with E-state index in [1.807, 2.05) is 18.2 Å². The summed E-state index contributed by atoms with van der Waals surface area (Å²) in [7, 11) is 0. The van der Waals surface area contributed by atoms with Crippen LogP contribution in [0.5, 0.6) is 0 Å². The Morgan fingerprint density at radius 1 is 1.11 bits per heavy atom. The molecule has 1 saturated carbocycles. The minimum Gasteiger partial charge on any atom is -0.395 e. The maximum absolute atomic E-state index is 10.1. The molecule has 0 radical (unpaired) electrons. The molecular weight excluding hydrogens is 226 g/mol. The Labute approximate surface area is 109 Å². The van der Waals surface area contributed by atoms with Crippen LogP contribution in [0.25, 0.3) is 0 Å². The first-order chi connectivity index (χ1) is 8.81. The van der Waals surface area contributed by atoms with Crippen LogP contribution < -0.4 is 0 Å². The average Bonchev–Trinajstić information content (AvgIpc) is 2.40. The monoisotopic (exact) mass is 249 g/mol. The van der Waals surface area contributed by atoms with Gasteiger partial charge in [-0.2, -0.15) is 0 Å². The SMILES string of the molecule is OCCN(Cc1ccccc1)[C@@H]1CCCC[C@H]1O. The van der Waals surface area contributed by atoms with Gasteiger partial charge in [-0.3, -0.25) is 4.90 Å². The maximum Gasteiger partial charge on any atom is 0.0695 e. The third-order valence-electron chi connectivity index (χ3n) is 3.78. The van der Waals surface area contributed by atoms with Crippen LogP contribution in [0.15, 0.2) is 30.3 Å². The van der Waals surface area contributed by atoms with Gasteiger partial charge in [-0.05, 0) is 18.4 Å². The van der Waals surface area contributed by atoms with Gasteiger partial charge in [-0.1, -0.05) is 43.2 Å². The van der Waals surface area contributed by atoms with Gasteiger partial charge in [0.2, 0.25) is 0 Å². The number of nitrogens with zero attached hydrogens (tertiary/aromatic N) is 1. The highest BCUT2D eigenvalue weighted by Crippen LogP contribution is 2.24. The Balaban J connectivity index is 2.02. The molecule has 0 bridgehead atoms. The van der Waals surface area contributed by atoms with E-state index in [1.165, 1.54) is 12.0 Å². The van der Waals surface area contributed by atoms with Crippen molar-refractivity contribution in [3.63, 3.8) is 0 Å². The average molecular weight is 249 g/mol.